The van der Waals surface area contributed by atoms with Gasteiger partial charge in [0.25, 0.3) is 0 Å². The topological polar surface area (TPSA) is 38.9 Å². The largest absolute Gasteiger partial charge is 0.324 e. The van der Waals surface area contributed by atoms with E-state index >= 15 is 0 Å². The molecule has 1 atom stereocenters. The highest BCUT2D eigenvalue weighted by atomic mass is 14.7. The van der Waals surface area contributed by atoms with E-state index in [0.29, 0.717) is 0 Å². The molecule has 2 nitrogen and oxygen atoms in total. The fraction of sp³-hybridized carbons (Fsp3) is 0.421. The number of aromatic nitrogens is 1. The molecule has 0 aliphatic rings. The van der Waals surface area contributed by atoms with Gasteiger partial charge in [-0.2, -0.15) is 0 Å². The van der Waals surface area contributed by atoms with Gasteiger partial charge in [-0.15, -0.1) is 0 Å². The normalized spacial score (nSPS) is 13.2. The van der Waals surface area contributed by atoms with Crippen molar-refractivity contribution in [1.29, 1.82) is 0 Å². The highest BCUT2D eigenvalue weighted by Gasteiger charge is 2.14. The summed E-state index contributed by atoms with van der Waals surface area (Å²) in [5, 5.41) is 0. The SMILES string of the molecule is CCc1ccc(CC(N)c2ccc(C(C)(C)C)cc2)nc1. The van der Waals surface area contributed by atoms with Crippen LogP contribution in [-0.4, -0.2) is 4.98 Å². The molecular weight excluding hydrogens is 256 g/mol. The Morgan fingerprint density at radius 1 is 1.05 bits per heavy atom. The van der Waals surface area contributed by atoms with Gasteiger partial charge in [-0.05, 0) is 34.6 Å². The zero-order valence-electron chi connectivity index (χ0n) is 13.6. The summed E-state index contributed by atoms with van der Waals surface area (Å²) >= 11 is 0. The van der Waals surface area contributed by atoms with Crippen molar-refractivity contribution < 1.29 is 0 Å². The van der Waals surface area contributed by atoms with Crippen molar-refractivity contribution in [3.05, 3.63) is 65.0 Å². The van der Waals surface area contributed by atoms with Gasteiger partial charge in [0.1, 0.15) is 0 Å². The number of nitrogens with zero attached hydrogens (tertiary/aromatic N) is 1. The van der Waals surface area contributed by atoms with Gasteiger partial charge in [0.05, 0.1) is 0 Å². The third kappa shape index (κ3) is 4.15. The van der Waals surface area contributed by atoms with Crippen molar-refractivity contribution in [2.24, 2.45) is 5.73 Å². The molecule has 0 spiro atoms. The first-order valence-electron chi connectivity index (χ1n) is 7.70. The van der Waals surface area contributed by atoms with E-state index in [1.807, 2.05) is 6.20 Å². The molecule has 2 rings (SSSR count). The van der Waals surface area contributed by atoms with Gasteiger partial charge in [0.2, 0.25) is 0 Å². The molecule has 21 heavy (non-hydrogen) atoms. The van der Waals surface area contributed by atoms with E-state index < -0.39 is 0 Å². The van der Waals surface area contributed by atoms with Crippen LogP contribution in [0.15, 0.2) is 42.6 Å². The molecule has 112 valence electrons. The lowest BCUT2D eigenvalue weighted by atomic mass is 9.86. The Morgan fingerprint density at radius 2 is 1.71 bits per heavy atom. The lowest BCUT2D eigenvalue weighted by Gasteiger charge is -2.20. The van der Waals surface area contributed by atoms with Crippen molar-refractivity contribution in [2.45, 2.75) is 52.0 Å². The molecule has 1 aromatic carbocycles. The molecule has 0 aliphatic heterocycles. The van der Waals surface area contributed by atoms with Crippen LogP contribution < -0.4 is 5.73 Å². The van der Waals surface area contributed by atoms with Crippen LogP contribution in [0, 0.1) is 0 Å². The molecule has 1 heterocycles. The van der Waals surface area contributed by atoms with Crippen LogP contribution >= 0.6 is 0 Å². The highest BCUT2D eigenvalue weighted by Crippen LogP contribution is 2.24. The fourth-order valence-electron chi connectivity index (χ4n) is 2.36. The maximum atomic E-state index is 6.32. The molecule has 2 aromatic rings. The average Bonchev–Trinajstić information content (AvgIpc) is 2.47. The summed E-state index contributed by atoms with van der Waals surface area (Å²) < 4.78 is 0. The van der Waals surface area contributed by atoms with E-state index in [1.54, 1.807) is 0 Å². The predicted octanol–water partition coefficient (Wildman–Crippen LogP) is 4.18. The summed E-state index contributed by atoms with van der Waals surface area (Å²) in [5.74, 6) is 0. The summed E-state index contributed by atoms with van der Waals surface area (Å²) in [4.78, 5) is 4.49. The van der Waals surface area contributed by atoms with E-state index in [-0.39, 0.29) is 11.5 Å². The van der Waals surface area contributed by atoms with Gasteiger partial charge in [-0.1, -0.05) is 58.0 Å². The summed E-state index contributed by atoms with van der Waals surface area (Å²) in [7, 11) is 0. The van der Waals surface area contributed by atoms with E-state index in [1.165, 1.54) is 16.7 Å². The number of aryl methyl sites for hydroxylation is 1. The second-order valence-electron chi connectivity index (χ2n) is 6.69. The van der Waals surface area contributed by atoms with Crippen molar-refractivity contribution >= 4 is 0 Å². The second-order valence-corrected chi connectivity index (χ2v) is 6.69. The smallest absolute Gasteiger partial charge is 0.0422 e. The Hall–Kier alpha value is -1.67. The summed E-state index contributed by atoms with van der Waals surface area (Å²) in [5.41, 5.74) is 11.3. The van der Waals surface area contributed by atoms with Gasteiger partial charge in [-0.25, -0.2) is 0 Å². The first-order chi connectivity index (χ1) is 9.90. The maximum absolute atomic E-state index is 6.32. The Balaban J connectivity index is 2.07. The molecule has 0 saturated heterocycles. The number of rotatable bonds is 4. The van der Waals surface area contributed by atoms with Crippen LogP contribution in [0.2, 0.25) is 0 Å². The minimum atomic E-state index is -0.000931. The first-order valence-corrected chi connectivity index (χ1v) is 7.70. The molecule has 0 saturated carbocycles. The van der Waals surface area contributed by atoms with Crippen LogP contribution in [0.4, 0.5) is 0 Å². The molecule has 0 bridgehead atoms. The van der Waals surface area contributed by atoms with Crippen molar-refractivity contribution in [3.63, 3.8) is 0 Å². The third-order valence-corrected chi connectivity index (χ3v) is 3.93. The van der Waals surface area contributed by atoms with E-state index in [0.717, 1.165) is 18.5 Å². The van der Waals surface area contributed by atoms with Crippen molar-refractivity contribution in [3.8, 4) is 0 Å². The summed E-state index contributed by atoms with van der Waals surface area (Å²) in [6.45, 7) is 8.81. The predicted molar refractivity (Wildman–Crippen MR) is 89.4 cm³/mol. The lowest BCUT2D eigenvalue weighted by Crippen LogP contribution is -2.15. The molecule has 0 amide bonds. The Morgan fingerprint density at radius 3 is 2.19 bits per heavy atom. The average molecular weight is 282 g/mol. The van der Waals surface area contributed by atoms with Gasteiger partial charge in [0.15, 0.2) is 0 Å². The zero-order chi connectivity index (χ0) is 15.5. The zero-order valence-corrected chi connectivity index (χ0v) is 13.6. The van der Waals surface area contributed by atoms with Gasteiger partial charge in [0, 0.05) is 24.4 Å². The number of hydrogen-bond donors (Lipinski definition) is 1. The molecule has 0 radical (unpaired) electrons. The Kier molecular flexibility index (Phi) is 4.79. The van der Waals surface area contributed by atoms with Gasteiger partial charge >= 0.3 is 0 Å². The number of hydrogen-bond acceptors (Lipinski definition) is 2. The minimum absolute atomic E-state index is 0.000931. The summed E-state index contributed by atoms with van der Waals surface area (Å²) in [6.07, 6.45) is 3.75. The number of pyridine rings is 1. The van der Waals surface area contributed by atoms with E-state index in [2.05, 4.69) is 69.1 Å². The van der Waals surface area contributed by atoms with Crippen molar-refractivity contribution in [2.75, 3.05) is 0 Å². The third-order valence-electron chi connectivity index (χ3n) is 3.93. The van der Waals surface area contributed by atoms with Gasteiger partial charge < -0.3 is 5.73 Å². The van der Waals surface area contributed by atoms with E-state index in [9.17, 15) is 0 Å². The number of nitrogens with two attached hydrogens (primary N) is 1. The van der Waals surface area contributed by atoms with Crippen LogP contribution in [0.3, 0.4) is 0 Å². The molecule has 2 heteroatoms. The maximum Gasteiger partial charge on any atom is 0.0422 e. The summed E-state index contributed by atoms with van der Waals surface area (Å²) in [6, 6.07) is 12.9. The van der Waals surface area contributed by atoms with Crippen LogP contribution in [-0.2, 0) is 18.3 Å². The fourth-order valence-corrected chi connectivity index (χ4v) is 2.36. The Bertz CT molecular complexity index is 562. The van der Waals surface area contributed by atoms with Gasteiger partial charge in [-0.3, -0.25) is 4.98 Å². The minimum Gasteiger partial charge on any atom is -0.324 e. The molecule has 0 fully saturated rings. The molecule has 1 aromatic heterocycles. The highest BCUT2D eigenvalue weighted by molar-refractivity contribution is 5.30. The molecule has 1 unspecified atom stereocenters. The quantitative estimate of drug-likeness (QED) is 0.913. The molecule has 0 aliphatic carbocycles. The second kappa shape index (κ2) is 6.40. The van der Waals surface area contributed by atoms with Crippen LogP contribution in [0.5, 0.6) is 0 Å². The van der Waals surface area contributed by atoms with E-state index in [4.69, 9.17) is 5.73 Å². The first kappa shape index (κ1) is 15.7. The standard InChI is InChI=1S/C19H26N2/c1-5-14-6-11-17(21-13-14)12-18(20)15-7-9-16(10-8-15)19(2,3)4/h6-11,13,18H,5,12,20H2,1-4H3. The monoisotopic (exact) mass is 282 g/mol. The van der Waals surface area contributed by atoms with Crippen LogP contribution in [0.25, 0.3) is 0 Å². The molecular formula is C19H26N2. The molecule has 2 N–H and O–H groups in total. The Labute approximate surface area is 128 Å². The number of benzene rings is 1. The van der Waals surface area contributed by atoms with Crippen molar-refractivity contribution in [1.82, 2.24) is 4.98 Å². The van der Waals surface area contributed by atoms with Crippen LogP contribution in [0.1, 0.15) is 56.1 Å². The lowest BCUT2D eigenvalue weighted by molar-refractivity contribution is 0.589.